The Kier molecular flexibility index (Phi) is 4.92. The molecule has 2 N–H and O–H groups in total. The number of carbonyl (C=O) groups excluding carboxylic acids is 1. The van der Waals surface area contributed by atoms with Crippen LogP contribution in [-0.4, -0.2) is 45.5 Å². The molecule has 2 heterocycles. The lowest BCUT2D eigenvalue weighted by Crippen LogP contribution is -2.44. The predicted octanol–water partition coefficient (Wildman–Crippen LogP) is 1.79. The van der Waals surface area contributed by atoms with Gasteiger partial charge < -0.3 is 15.3 Å². The number of nitrogens with zero attached hydrogens (tertiary/aromatic N) is 3. The largest absolute Gasteiger partial charge is 0.396 e. The fourth-order valence-electron chi connectivity index (χ4n) is 2.80. The molecule has 1 aliphatic heterocycles. The van der Waals surface area contributed by atoms with Gasteiger partial charge >= 0.3 is 6.03 Å². The van der Waals surface area contributed by atoms with Gasteiger partial charge in [-0.05, 0) is 42.5 Å². The van der Waals surface area contributed by atoms with E-state index in [0.717, 1.165) is 37.2 Å². The van der Waals surface area contributed by atoms with Crippen molar-refractivity contribution in [3.63, 3.8) is 0 Å². The molecule has 1 aromatic carbocycles. The van der Waals surface area contributed by atoms with Gasteiger partial charge in [-0.2, -0.15) is 5.10 Å². The first-order valence-corrected chi connectivity index (χ1v) is 7.99. The summed E-state index contributed by atoms with van der Waals surface area (Å²) in [6.07, 6.45) is 5.39. The molecule has 1 fully saturated rings. The summed E-state index contributed by atoms with van der Waals surface area (Å²) in [5.41, 5.74) is 2.05. The molecule has 0 atom stereocenters. The molecule has 1 aliphatic rings. The van der Waals surface area contributed by atoms with Gasteiger partial charge in [-0.15, -0.1) is 0 Å². The molecule has 0 saturated carbocycles. The highest BCUT2D eigenvalue weighted by atomic mass is 16.3. The number of urea groups is 1. The first-order chi connectivity index (χ1) is 11.3. The van der Waals surface area contributed by atoms with Crippen LogP contribution < -0.4 is 5.32 Å². The van der Waals surface area contributed by atoms with E-state index in [1.54, 1.807) is 10.9 Å². The standard InChI is InChI=1S/C17H22N4O2/c22-13-15-6-10-20(11-7-15)17(23)18-12-14-2-4-16(5-3-14)21-9-1-8-19-21/h1-5,8-9,15,22H,6-7,10-13H2,(H,18,23). The third kappa shape index (κ3) is 3.90. The molecule has 0 spiro atoms. The normalized spacial score (nSPS) is 15.6. The minimum atomic E-state index is -0.0301. The molecule has 1 aromatic heterocycles. The monoisotopic (exact) mass is 314 g/mol. The number of aromatic nitrogens is 2. The highest BCUT2D eigenvalue weighted by Crippen LogP contribution is 2.16. The van der Waals surface area contributed by atoms with Gasteiger partial charge in [0, 0.05) is 38.6 Å². The minimum Gasteiger partial charge on any atom is -0.396 e. The maximum Gasteiger partial charge on any atom is 0.317 e. The molecular formula is C17H22N4O2. The van der Waals surface area contributed by atoms with E-state index in [-0.39, 0.29) is 12.6 Å². The van der Waals surface area contributed by atoms with Crippen molar-refractivity contribution >= 4 is 6.03 Å². The van der Waals surface area contributed by atoms with E-state index < -0.39 is 0 Å². The summed E-state index contributed by atoms with van der Waals surface area (Å²) in [6.45, 7) is 2.17. The van der Waals surface area contributed by atoms with E-state index in [2.05, 4.69) is 10.4 Å². The molecule has 0 aliphatic carbocycles. The summed E-state index contributed by atoms with van der Waals surface area (Å²) < 4.78 is 1.80. The van der Waals surface area contributed by atoms with Gasteiger partial charge in [-0.25, -0.2) is 9.48 Å². The molecule has 122 valence electrons. The Morgan fingerprint density at radius 3 is 2.61 bits per heavy atom. The molecular weight excluding hydrogens is 292 g/mol. The van der Waals surface area contributed by atoms with Crippen molar-refractivity contribution in [2.24, 2.45) is 5.92 Å². The Bertz CT molecular complexity index is 617. The minimum absolute atomic E-state index is 0.0301. The van der Waals surface area contributed by atoms with Crippen LogP contribution in [0.3, 0.4) is 0 Å². The summed E-state index contributed by atoms with van der Waals surface area (Å²) >= 11 is 0. The van der Waals surface area contributed by atoms with Crippen molar-refractivity contribution in [3.8, 4) is 5.69 Å². The van der Waals surface area contributed by atoms with E-state index in [0.29, 0.717) is 12.5 Å². The van der Waals surface area contributed by atoms with Gasteiger partial charge in [0.15, 0.2) is 0 Å². The van der Waals surface area contributed by atoms with Crippen molar-refractivity contribution in [2.45, 2.75) is 19.4 Å². The van der Waals surface area contributed by atoms with Crippen LogP contribution in [0.15, 0.2) is 42.7 Å². The average molecular weight is 314 g/mol. The van der Waals surface area contributed by atoms with Crippen molar-refractivity contribution in [3.05, 3.63) is 48.3 Å². The Morgan fingerprint density at radius 2 is 2.00 bits per heavy atom. The molecule has 0 unspecified atom stereocenters. The zero-order valence-corrected chi connectivity index (χ0v) is 13.1. The molecule has 23 heavy (non-hydrogen) atoms. The van der Waals surface area contributed by atoms with Gasteiger partial charge in [0.1, 0.15) is 0 Å². The molecule has 2 amide bonds. The van der Waals surface area contributed by atoms with Crippen LogP contribution in [0.2, 0.25) is 0 Å². The van der Waals surface area contributed by atoms with E-state index in [1.807, 2.05) is 41.4 Å². The van der Waals surface area contributed by atoms with Crippen LogP contribution >= 0.6 is 0 Å². The van der Waals surface area contributed by atoms with E-state index in [1.165, 1.54) is 0 Å². The average Bonchev–Trinajstić information content (AvgIpc) is 3.15. The molecule has 1 saturated heterocycles. The Hall–Kier alpha value is -2.34. The van der Waals surface area contributed by atoms with Gasteiger partial charge in [0.2, 0.25) is 0 Å². The van der Waals surface area contributed by atoms with Crippen LogP contribution in [0.5, 0.6) is 0 Å². The summed E-state index contributed by atoms with van der Waals surface area (Å²) in [7, 11) is 0. The second kappa shape index (κ2) is 7.28. The fourth-order valence-corrected chi connectivity index (χ4v) is 2.80. The molecule has 2 aromatic rings. The Balaban J connectivity index is 1.49. The smallest absolute Gasteiger partial charge is 0.317 e. The predicted molar refractivity (Wildman–Crippen MR) is 87.2 cm³/mol. The van der Waals surface area contributed by atoms with E-state index in [9.17, 15) is 4.79 Å². The molecule has 0 radical (unpaired) electrons. The van der Waals surface area contributed by atoms with Crippen LogP contribution in [0.25, 0.3) is 5.69 Å². The summed E-state index contributed by atoms with van der Waals surface area (Å²) in [4.78, 5) is 14.0. The topological polar surface area (TPSA) is 70.4 Å². The molecule has 6 nitrogen and oxygen atoms in total. The lowest BCUT2D eigenvalue weighted by molar-refractivity contribution is 0.137. The zero-order valence-electron chi connectivity index (χ0n) is 13.1. The molecule has 0 bridgehead atoms. The van der Waals surface area contributed by atoms with Crippen molar-refractivity contribution in [1.82, 2.24) is 20.0 Å². The van der Waals surface area contributed by atoms with Gasteiger partial charge in [0.05, 0.1) is 5.69 Å². The number of piperidine rings is 1. The third-order valence-electron chi connectivity index (χ3n) is 4.31. The highest BCUT2D eigenvalue weighted by Gasteiger charge is 2.21. The maximum absolute atomic E-state index is 12.2. The van der Waals surface area contributed by atoms with Crippen LogP contribution in [0, 0.1) is 5.92 Å². The number of carbonyl (C=O) groups is 1. The summed E-state index contributed by atoms with van der Waals surface area (Å²) in [6, 6.07) is 9.82. The Labute approximate surface area is 135 Å². The number of amides is 2. The van der Waals surface area contributed by atoms with Gasteiger partial charge in [-0.1, -0.05) is 12.1 Å². The number of rotatable bonds is 4. The second-order valence-corrected chi connectivity index (χ2v) is 5.89. The van der Waals surface area contributed by atoms with Crippen molar-refractivity contribution in [2.75, 3.05) is 19.7 Å². The van der Waals surface area contributed by atoms with Crippen LogP contribution in [0.1, 0.15) is 18.4 Å². The van der Waals surface area contributed by atoms with Gasteiger partial charge in [0.25, 0.3) is 0 Å². The first kappa shape index (κ1) is 15.6. The quantitative estimate of drug-likeness (QED) is 0.904. The highest BCUT2D eigenvalue weighted by molar-refractivity contribution is 5.74. The zero-order chi connectivity index (χ0) is 16.1. The lowest BCUT2D eigenvalue weighted by Gasteiger charge is -2.31. The molecule has 3 rings (SSSR count). The number of hydrogen-bond donors (Lipinski definition) is 2. The SMILES string of the molecule is O=C(NCc1ccc(-n2cccn2)cc1)N1CCC(CO)CC1. The van der Waals surface area contributed by atoms with E-state index in [4.69, 9.17) is 5.11 Å². The maximum atomic E-state index is 12.2. The molecule has 6 heteroatoms. The summed E-state index contributed by atoms with van der Waals surface area (Å²) in [5, 5.41) is 16.3. The van der Waals surface area contributed by atoms with Crippen LogP contribution in [-0.2, 0) is 6.54 Å². The van der Waals surface area contributed by atoms with Crippen LogP contribution in [0.4, 0.5) is 4.79 Å². The van der Waals surface area contributed by atoms with Crippen molar-refractivity contribution < 1.29 is 9.90 Å². The summed E-state index contributed by atoms with van der Waals surface area (Å²) in [5.74, 6) is 0.342. The Morgan fingerprint density at radius 1 is 1.26 bits per heavy atom. The van der Waals surface area contributed by atoms with E-state index >= 15 is 0 Å². The second-order valence-electron chi connectivity index (χ2n) is 5.89. The lowest BCUT2D eigenvalue weighted by atomic mass is 9.98. The van der Waals surface area contributed by atoms with Crippen molar-refractivity contribution in [1.29, 1.82) is 0 Å². The third-order valence-corrected chi connectivity index (χ3v) is 4.31. The number of aliphatic hydroxyl groups is 1. The number of aliphatic hydroxyl groups excluding tert-OH is 1. The number of hydrogen-bond acceptors (Lipinski definition) is 3. The number of likely N-dealkylation sites (tertiary alicyclic amines) is 1. The number of nitrogens with one attached hydrogen (secondary N) is 1. The van der Waals surface area contributed by atoms with Gasteiger partial charge in [-0.3, -0.25) is 0 Å². The fraction of sp³-hybridized carbons (Fsp3) is 0.412. The first-order valence-electron chi connectivity index (χ1n) is 7.99. The number of benzene rings is 1.